The molecule has 1 aliphatic heterocycles. The quantitative estimate of drug-likeness (QED) is 0.313. The average molecular weight is 408 g/mol. The Morgan fingerprint density at radius 3 is 2.52 bits per heavy atom. The first-order valence-corrected chi connectivity index (χ1v) is 9.15. The number of aliphatic hydroxyl groups is 5. The molecule has 0 saturated carbocycles. The highest BCUT2D eigenvalue weighted by Crippen LogP contribution is 2.31. The van der Waals surface area contributed by atoms with Crippen molar-refractivity contribution < 1.29 is 39.4 Å². The summed E-state index contributed by atoms with van der Waals surface area (Å²) in [5, 5.41) is 49.3. The number of hydrogen-bond acceptors (Lipinski definition) is 9. The molecule has 1 fully saturated rings. The van der Waals surface area contributed by atoms with E-state index < -0.39 is 42.9 Å². The normalized spacial score (nSPS) is 27.9. The number of ether oxygens (including phenoxy) is 2. The number of fused-ring (bicyclic) bond motifs is 1. The minimum Gasteiger partial charge on any atom is -0.462 e. The second-order valence-electron chi connectivity index (χ2n) is 6.94. The van der Waals surface area contributed by atoms with Gasteiger partial charge in [0.1, 0.15) is 35.7 Å². The zero-order valence-electron chi connectivity index (χ0n) is 15.8. The van der Waals surface area contributed by atoms with E-state index in [1.165, 1.54) is 6.07 Å². The van der Waals surface area contributed by atoms with Crippen LogP contribution in [0.2, 0.25) is 0 Å². The van der Waals surface area contributed by atoms with Crippen molar-refractivity contribution in [3.8, 4) is 5.75 Å². The molecule has 0 radical (unpaired) electrons. The number of rotatable bonds is 6. The van der Waals surface area contributed by atoms with Gasteiger partial charge in [0, 0.05) is 17.0 Å². The molecule has 1 aromatic carbocycles. The summed E-state index contributed by atoms with van der Waals surface area (Å²) in [5.41, 5.74) is 0.900. The Balaban J connectivity index is 2.00. The predicted molar refractivity (Wildman–Crippen MR) is 101 cm³/mol. The van der Waals surface area contributed by atoms with Crippen LogP contribution in [0, 0.1) is 0 Å². The lowest BCUT2D eigenvalue weighted by molar-refractivity contribution is -0.277. The molecule has 29 heavy (non-hydrogen) atoms. The maximum atomic E-state index is 11.7. The molecule has 1 unspecified atom stereocenters. The third kappa shape index (κ3) is 4.50. The number of hydrogen-bond donors (Lipinski definition) is 5. The molecule has 3 rings (SSSR count). The Morgan fingerprint density at radius 1 is 1.10 bits per heavy atom. The van der Waals surface area contributed by atoms with Crippen LogP contribution in [0.25, 0.3) is 11.0 Å². The van der Waals surface area contributed by atoms with E-state index in [0.717, 1.165) is 0 Å². The molecule has 0 amide bonds. The lowest BCUT2D eigenvalue weighted by Crippen LogP contribution is -2.60. The molecule has 158 valence electrons. The summed E-state index contributed by atoms with van der Waals surface area (Å²) in [4.78, 5) is 11.7. The largest absolute Gasteiger partial charge is 0.462 e. The topological polar surface area (TPSA) is 150 Å². The fourth-order valence-electron chi connectivity index (χ4n) is 3.11. The van der Waals surface area contributed by atoms with Gasteiger partial charge in [-0.05, 0) is 31.5 Å². The Kier molecular flexibility index (Phi) is 6.68. The maximum Gasteiger partial charge on any atom is 0.336 e. The van der Waals surface area contributed by atoms with Crippen LogP contribution >= 0.6 is 0 Å². The van der Waals surface area contributed by atoms with Crippen molar-refractivity contribution in [3.63, 3.8) is 0 Å². The van der Waals surface area contributed by atoms with Gasteiger partial charge in [-0.2, -0.15) is 0 Å². The minimum absolute atomic E-state index is 0.141. The van der Waals surface area contributed by atoms with E-state index in [0.29, 0.717) is 16.5 Å². The third-order valence-corrected chi connectivity index (χ3v) is 4.85. The SMILES string of the molecule is C/C(=C\Cc1c(OC2O[C@H](CO)[C@@H](O)[C@H](O)[C@H]2O)ccc2ccc(=O)oc12)CO. The van der Waals surface area contributed by atoms with Gasteiger partial charge in [-0.1, -0.05) is 11.6 Å². The average Bonchev–Trinajstić information content (AvgIpc) is 2.72. The highest BCUT2D eigenvalue weighted by molar-refractivity contribution is 5.82. The van der Waals surface area contributed by atoms with Gasteiger partial charge in [-0.25, -0.2) is 4.79 Å². The van der Waals surface area contributed by atoms with E-state index in [4.69, 9.17) is 13.9 Å². The van der Waals surface area contributed by atoms with Gasteiger partial charge < -0.3 is 39.4 Å². The molecule has 2 heterocycles. The monoisotopic (exact) mass is 408 g/mol. The summed E-state index contributed by atoms with van der Waals surface area (Å²) in [6.07, 6.45) is -5.15. The molecule has 0 aliphatic carbocycles. The van der Waals surface area contributed by atoms with Crippen LogP contribution in [-0.4, -0.2) is 69.5 Å². The molecule has 5 N–H and O–H groups in total. The summed E-state index contributed by atoms with van der Waals surface area (Å²) < 4.78 is 16.5. The van der Waals surface area contributed by atoms with Crippen LogP contribution < -0.4 is 10.4 Å². The van der Waals surface area contributed by atoms with E-state index >= 15 is 0 Å². The Labute approximate surface area is 166 Å². The predicted octanol–water partition coefficient (Wildman–Crippen LogP) is -0.547. The Bertz CT molecular complexity index is 933. The van der Waals surface area contributed by atoms with Crippen molar-refractivity contribution in [2.75, 3.05) is 13.2 Å². The molecule has 0 bridgehead atoms. The van der Waals surface area contributed by atoms with Crippen molar-refractivity contribution in [2.24, 2.45) is 0 Å². The van der Waals surface area contributed by atoms with Gasteiger partial charge in [0.2, 0.25) is 6.29 Å². The fourth-order valence-corrected chi connectivity index (χ4v) is 3.11. The smallest absolute Gasteiger partial charge is 0.336 e. The Morgan fingerprint density at radius 2 is 1.83 bits per heavy atom. The second-order valence-corrected chi connectivity index (χ2v) is 6.94. The number of benzene rings is 1. The van der Waals surface area contributed by atoms with E-state index in [2.05, 4.69) is 0 Å². The van der Waals surface area contributed by atoms with Gasteiger partial charge in [0.05, 0.1) is 13.2 Å². The van der Waals surface area contributed by atoms with E-state index in [1.54, 1.807) is 31.2 Å². The summed E-state index contributed by atoms with van der Waals surface area (Å²) in [7, 11) is 0. The zero-order chi connectivity index (χ0) is 21.1. The molecular weight excluding hydrogens is 384 g/mol. The molecule has 9 heteroatoms. The highest BCUT2D eigenvalue weighted by Gasteiger charge is 2.44. The molecule has 0 spiro atoms. The van der Waals surface area contributed by atoms with E-state index in [1.807, 2.05) is 0 Å². The fraction of sp³-hybridized carbons (Fsp3) is 0.450. The van der Waals surface area contributed by atoms with Crippen LogP contribution in [0.15, 0.2) is 45.1 Å². The van der Waals surface area contributed by atoms with Crippen LogP contribution in [0.1, 0.15) is 12.5 Å². The lowest BCUT2D eigenvalue weighted by atomic mass is 9.99. The van der Waals surface area contributed by atoms with Crippen molar-refractivity contribution in [3.05, 3.63) is 51.9 Å². The van der Waals surface area contributed by atoms with Gasteiger partial charge in [0.25, 0.3) is 0 Å². The molecule has 1 aromatic heterocycles. The van der Waals surface area contributed by atoms with Crippen molar-refractivity contribution >= 4 is 11.0 Å². The van der Waals surface area contributed by atoms with Crippen molar-refractivity contribution in [1.82, 2.24) is 0 Å². The number of allylic oxidation sites excluding steroid dienone is 1. The summed E-state index contributed by atoms with van der Waals surface area (Å²) in [5.74, 6) is 0.221. The first kappa shape index (κ1) is 21.4. The minimum atomic E-state index is -1.58. The number of aliphatic hydroxyl groups excluding tert-OH is 5. The lowest BCUT2D eigenvalue weighted by Gasteiger charge is -2.39. The molecule has 9 nitrogen and oxygen atoms in total. The van der Waals surface area contributed by atoms with E-state index in [9.17, 15) is 30.3 Å². The standard InChI is InChI=1S/C20H24O9/c1-10(8-21)2-5-12-13(6-3-11-4-7-15(23)29-19(11)12)27-20-18(26)17(25)16(24)14(9-22)28-20/h2-4,6-7,14,16-18,20-22,24-26H,5,8-9H2,1H3/b10-2+/t14-,16-,17+,18-,20?/m1/s1. The van der Waals surface area contributed by atoms with E-state index in [-0.39, 0.29) is 24.4 Å². The van der Waals surface area contributed by atoms with Gasteiger partial charge in [-0.15, -0.1) is 0 Å². The van der Waals surface area contributed by atoms with Crippen LogP contribution in [-0.2, 0) is 11.2 Å². The summed E-state index contributed by atoms with van der Waals surface area (Å²) in [6.45, 7) is 1.01. The van der Waals surface area contributed by atoms with Gasteiger partial charge in [0.15, 0.2) is 0 Å². The second kappa shape index (κ2) is 9.04. The Hall–Kier alpha value is -2.27. The van der Waals surface area contributed by atoms with Crippen molar-refractivity contribution in [2.45, 2.75) is 44.1 Å². The first-order valence-electron chi connectivity index (χ1n) is 9.15. The van der Waals surface area contributed by atoms with Gasteiger partial charge in [-0.3, -0.25) is 0 Å². The molecule has 2 aromatic rings. The van der Waals surface area contributed by atoms with Crippen molar-refractivity contribution in [1.29, 1.82) is 0 Å². The third-order valence-electron chi connectivity index (χ3n) is 4.85. The molecular formula is C20H24O9. The van der Waals surface area contributed by atoms with Crippen LogP contribution in [0.3, 0.4) is 0 Å². The van der Waals surface area contributed by atoms with Crippen LogP contribution in [0.5, 0.6) is 5.75 Å². The molecule has 5 atom stereocenters. The van der Waals surface area contributed by atoms with Gasteiger partial charge >= 0.3 is 5.63 Å². The summed E-state index contributed by atoms with van der Waals surface area (Å²) in [6, 6.07) is 6.15. The first-order chi connectivity index (χ1) is 13.8. The molecule has 1 saturated heterocycles. The van der Waals surface area contributed by atoms with Crippen LogP contribution in [0.4, 0.5) is 0 Å². The molecule has 1 aliphatic rings. The maximum absolute atomic E-state index is 11.7. The zero-order valence-corrected chi connectivity index (χ0v) is 15.8. The highest BCUT2D eigenvalue weighted by atomic mass is 16.7. The summed E-state index contributed by atoms with van der Waals surface area (Å²) >= 11 is 0.